The Morgan fingerprint density at radius 3 is 2.73 bits per heavy atom. The number of nitrogens with zero attached hydrogens (tertiary/aromatic N) is 3. The summed E-state index contributed by atoms with van der Waals surface area (Å²) >= 11 is 5.93. The van der Waals surface area contributed by atoms with Crippen molar-refractivity contribution in [3.8, 4) is 0 Å². The first-order chi connectivity index (χ1) is 12.2. The zero-order valence-electron chi connectivity index (χ0n) is 14.6. The Labute approximate surface area is 157 Å². The number of hydrogen-bond acceptors (Lipinski definition) is 4. The van der Waals surface area contributed by atoms with E-state index < -0.39 is 28.2 Å². The lowest BCUT2D eigenvalue weighted by Gasteiger charge is -2.36. The number of benzene rings is 1. The molecule has 1 aliphatic heterocycles. The van der Waals surface area contributed by atoms with Crippen molar-refractivity contribution in [1.82, 2.24) is 18.8 Å². The highest BCUT2D eigenvalue weighted by molar-refractivity contribution is 7.87. The van der Waals surface area contributed by atoms with Crippen molar-refractivity contribution in [3.63, 3.8) is 0 Å². The number of nitrogens with one attached hydrogen (secondary N) is 2. The van der Waals surface area contributed by atoms with Crippen LogP contribution in [0.25, 0.3) is 0 Å². The van der Waals surface area contributed by atoms with E-state index in [0.717, 1.165) is 15.6 Å². The van der Waals surface area contributed by atoms with E-state index in [2.05, 4.69) is 15.1 Å². The molecule has 1 saturated heterocycles. The zero-order chi connectivity index (χ0) is 19.1. The van der Waals surface area contributed by atoms with E-state index in [0.29, 0.717) is 10.7 Å². The SMILES string of the molecule is Cc1nn(C)cc1[C@@H]1C[C@H](C(=O)Nc2cccc(Cl)c2)N(C)S(=O)(=O)N1. The van der Waals surface area contributed by atoms with Crippen molar-refractivity contribution < 1.29 is 13.2 Å². The molecule has 26 heavy (non-hydrogen) atoms. The Balaban J connectivity index is 1.87. The lowest BCUT2D eigenvalue weighted by Crippen LogP contribution is -2.56. The molecule has 2 atom stereocenters. The molecule has 1 aliphatic rings. The van der Waals surface area contributed by atoms with Gasteiger partial charge < -0.3 is 5.32 Å². The number of anilines is 1. The Morgan fingerprint density at radius 1 is 1.38 bits per heavy atom. The summed E-state index contributed by atoms with van der Waals surface area (Å²) in [6.07, 6.45) is 2.05. The van der Waals surface area contributed by atoms with Crippen LogP contribution in [0.3, 0.4) is 0 Å². The summed E-state index contributed by atoms with van der Waals surface area (Å²) in [4.78, 5) is 12.7. The number of hydrogen-bond donors (Lipinski definition) is 2. The minimum atomic E-state index is -3.80. The van der Waals surface area contributed by atoms with E-state index in [1.807, 2.05) is 6.92 Å². The Kier molecular flexibility index (Phi) is 5.07. The van der Waals surface area contributed by atoms with Crippen molar-refractivity contribution >= 4 is 33.4 Å². The van der Waals surface area contributed by atoms with Crippen LogP contribution in [0.5, 0.6) is 0 Å². The van der Waals surface area contributed by atoms with Gasteiger partial charge in [-0.25, -0.2) is 0 Å². The first-order valence-electron chi connectivity index (χ1n) is 7.99. The van der Waals surface area contributed by atoms with Gasteiger partial charge in [0.1, 0.15) is 6.04 Å². The summed E-state index contributed by atoms with van der Waals surface area (Å²) in [5, 5.41) is 7.47. The number of likely N-dealkylation sites (N-methyl/N-ethyl adjacent to an activating group) is 1. The molecule has 2 N–H and O–H groups in total. The van der Waals surface area contributed by atoms with Crippen molar-refractivity contribution in [3.05, 3.63) is 46.7 Å². The maximum Gasteiger partial charge on any atom is 0.280 e. The fraction of sp³-hybridized carbons (Fsp3) is 0.375. The first kappa shape index (κ1) is 18.8. The Hall–Kier alpha value is -1.94. The molecule has 1 aromatic heterocycles. The zero-order valence-corrected chi connectivity index (χ0v) is 16.2. The molecule has 0 aliphatic carbocycles. The largest absolute Gasteiger partial charge is 0.325 e. The van der Waals surface area contributed by atoms with E-state index in [1.54, 1.807) is 42.2 Å². The molecule has 1 aromatic carbocycles. The van der Waals surface area contributed by atoms with Crippen LogP contribution in [0.15, 0.2) is 30.5 Å². The molecular weight excluding hydrogens is 378 g/mol. The Morgan fingerprint density at radius 2 is 2.12 bits per heavy atom. The topological polar surface area (TPSA) is 96.3 Å². The van der Waals surface area contributed by atoms with E-state index in [-0.39, 0.29) is 6.42 Å². The summed E-state index contributed by atoms with van der Waals surface area (Å²) in [6, 6.07) is 5.33. The van der Waals surface area contributed by atoms with Crippen LogP contribution in [0.4, 0.5) is 5.69 Å². The highest BCUT2D eigenvalue weighted by Gasteiger charge is 2.41. The van der Waals surface area contributed by atoms with Gasteiger partial charge in [-0.1, -0.05) is 17.7 Å². The third-order valence-corrected chi connectivity index (χ3v) is 6.22. The smallest absolute Gasteiger partial charge is 0.280 e. The minimum Gasteiger partial charge on any atom is -0.325 e. The van der Waals surface area contributed by atoms with Gasteiger partial charge in [-0.3, -0.25) is 9.48 Å². The second-order valence-corrected chi connectivity index (χ2v) is 8.48. The highest BCUT2D eigenvalue weighted by atomic mass is 35.5. The van der Waals surface area contributed by atoms with Crippen LogP contribution in [0.1, 0.15) is 23.7 Å². The van der Waals surface area contributed by atoms with Gasteiger partial charge in [-0.2, -0.15) is 22.5 Å². The first-order valence-corrected chi connectivity index (χ1v) is 9.81. The van der Waals surface area contributed by atoms with Gasteiger partial charge in [-0.05, 0) is 31.5 Å². The predicted octanol–water partition coefficient (Wildman–Crippen LogP) is 1.60. The molecule has 0 bridgehead atoms. The molecule has 0 saturated carbocycles. The third kappa shape index (κ3) is 3.75. The number of halogens is 1. The van der Waals surface area contributed by atoms with E-state index in [9.17, 15) is 13.2 Å². The monoisotopic (exact) mass is 397 g/mol. The summed E-state index contributed by atoms with van der Waals surface area (Å²) in [7, 11) is -0.649. The molecule has 2 heterocycles. The number of amides is 1. The molecule has 2 aromatic rings. The van der Waals surface area contributed by atoms with Gasteiger partial charge in [0, 0.05) is 36.6 Å². The number of rotatable bonds is 3. The van der Waals surface area contributed by atoms with Crippen molar-refractivity contribution in [2.75, 3.05) is 12.4 Å². The number of carbonyl (C=O) groups is 1. The van der Waals surface area contributed by atoms with Gasteiger partial charge in [0.15, 0.2) is 0 Å². The molecule has 1 fully saturated rings. The number of aryl methyl sites for hydroxylation is 2. The van der Waals surface area contributed by atoms with Crippen LogP contribution in [0, 0.1) is 6.92 Å². The third-order valence-electron chi connectivity index (χ3n) is 4.39. The standard InChI is InChI=1S/C16H20ClN5O3S/c1-10-13(9-21(2)19-10)14-8-15(22(3)26(24,25)20-14)16(23)18-12-6-4-5-11(17)7-12/h4-7,9,14-15,20H,8H2,1-3H3,(H,18,23)/t14-,15+/m0/s1. The van der Waals surface area contributed by atoms with Crippen LogP contribution < -0.4 is 10.0 Å². The van der Waals surface area contributed by atoms with Gasteiger partial charge in [0.2, 0.25) is 5.91 Å². The average molecular weight is 398 g/mol. The maximum atomic E-state index is 12.7. The molecule has 10 heteroatoms. The second kappa shape index (κ2) is 6.99. The van der Waals surface area contributed by atoms with Gasteiger partial charge in [0.05, 0.1) is 11.7 Å². The Bertz CT molecular complexity index is 943. The van der Waals surface area contributed by atoms with Crippen LogP contribution in [0.2, 0.25) is 5.02 Å². The van der Waals surface area contributed by atoms with Crippen molar-refractivity contribution in [2.45, 2.75) is 25.4 Å². The average Bonchev–Trinajstić information content (AvgIpc) is 2.88. The van der Waals surface area contributed by atoms with E-state index >= 15 is 0 Å². The fourth-order valence-electron chi connectivity index (χ4n) is 3.06. The van der Waals surface area contributed by atoms with Crippen LogP contribution in [-0.2, 0) is 22.1 Å². The van der Waals surface area contributed by atoms with Crippen molar-refractivity contribution in [2.24, 2.45) is 7.05 Å². The normalized spacial score (nSPS) is 22.9. The molecule has 0 spiro atoms. The van der Waals surface area contributed by atoms with Crippen LogP contribution >= 0.6 is 11.6 Å². The number of aromatic nitrogens is 2. The molecule has 1 amide bonds. The van der Waals surface area contributed by atoms with Crippen molar-refractivity contribution in [1.29, 1.82) is 0 Å². The molecule has 140 valence electrons. The van der Waals surface area contributed by atoms with E-state index in [1.165, 1.54) is 7.05 Å². The predicted molar refractivity (Wildman–Crippen MR) is 99.0 cm³/mol. The summed E-state index contributed by atoms with van der Waals surface area (Å²) < 4.78 is 30.3. The fourth-order valence-corrected chi connectivity index (χ4v) is 4.52. The van der Waals surface area contributed by atoms with E-state index in [4.69, 9.17) is 11.6 Å². The van der Waals surface area contributed by atoms with Gasteiger partial charge >= 0.3 is 0 Å². The number of carbonyl (C=O) groups excluding carboxylic acids is 1. The molecular formula is C16H20ClN5O3S. The highest BCUT2D eigenvalue weighted by Crippen LogP contribution is 2.30. The van der Waals surface area contributed by atoms with Gasteiger partial charge in [0.25, 0.3) is 10.2 Å². The summed E-state index contributed by atoms with van der Waals surface area (Å²) in [5.41, 5.74) is 1.99. The van der Waals surface area contributed by atoms with Gasteiger partial charge in [-0.15, -0.1) is 0 Å². The minimum absolute atomic E-state index is 0.286. The molecule has 0 unspecified atom stereocenters. The summed E-state index contributed by atoms with van der Waals surface area (Å²) in [6.45, 7) is 1.81. The van der Waals surface area contributed by atoms with Crippen LogP contribution in [-0.4, -0.2) is 41.5 Å². The quantitative estimate of drug-likeness (QED) is 0.822. The summed E-state index contributed by atoms with van der Waals surface area (Å²) in [5.74, 6) is -0.411. The molecule has 3 rings (SSSR count). The maximum absolute atomic E-state index is 12.7. The molecule has 0 radical (unpaired) electrons. The lowest BCUT2D eigenvalue weighted by molar-refractivity contribution is -0.120. The lowest BCUT2D eigenvalue weighted by atomic mass is 10.00. The second-order valence-electron chi connectivity index (χ2n) is 6.29. The molecule has 8 nitrogen and oxygen atoms in total.